The molecule has 0 spiro atoms. The Morgan fingerprint density at radius 2 is 1.61 bits per heavy atom. The average Bonchev–Trinajstić information content (AvgIpc) is 3.67. The van der Waals surface area contributed by atoms with E-state index in [2.05, 4.69) is 12.1 Å². The average molecular weight is 457 g/mol. The van der Waals surface area contributed by atoms with Gasteiger partial charge in [-0.2, -0.15) is 0 Å². The van der Waals surface area contributed by atoms with E-state index in [1.54, 1.807) is 31.4 Å². The van der Waals surface area contributed by atoms with E-state index in [1.165, 1.54) is 5.56 Å². The fourth-order valence-corrected chi connectivity index (χ4v) is 4.04. The Labute approximate surface area is 194 Å². The van der Waals surface area contributed by atoms with Gasteiger partial charge in [-0.05, 0) is 73.6 Å². The molecule has 2 unspecified atom stereocenters. The highest BCUT2D eigenvalue weighted by molar-refractivity contribution is 5.89. The molecule has 2 atom stereocenters. The number of benzene rings is 2. The quantitative estimate of drug-likeness (QED) is 0.407. The number of ether oxygens (including phenoxy) is 5. The topological polar surface area (TPSA) is 86.8 Å². The van der Waals surface area contributed by atoms with Crippen LogP contribution in [0.25, 0.3) is 0 Å². The van der Waals surface area contributed by atoms with E-state index in [0.29, 0.717) is 18.1 Å². The van der Waals surface area contributed by atoms with Crippen LogP contribution in [0, 0.1) is 0 Å². The number of epoxide rings is 1. The van der Waals surface area contributed by atoms with Gasteiger partial charge in [0, 0.05) is 7.11 Å². The van der Waals surface area contributed by atoms with Gasteiger partial charge in [-0.25, -0.2) is 4.79 Å². The number of carbonyl (C=O) groups excluding carboxylic acids is 1. The molecule has 1 aliphatic heterocycles. The van der Waals surface area contributed by atoms with Crippen LogP contribution in [-0.4, -0.2) is 62.9 Å². The van der Waals surface area contributed by atoms with Crippen molar-refractivity contribution in [1.82, 2.24) is 0 Å². The molecule has 1 N–H and O–H groups in total. The maximum Gasteiger partial charge on any atom is 0.338 e. The molecule has 2 fully saturated rings. The van der Waals surface area contributed by atoms with Gasteiger partial charge in [-0.15, -0.1) is 0 Å². The third-order valence-corrected chi connectivity index (χ3v) is 6.03. The molecule has 1 heterocycles. The van der Waals surface area contributed by atoms with Gasteiger partial charge in [0.2, 0.25) is 0 Å². The molecule has 0 aromatic heterocycles. The van der Waals surface area contributed by atoms with Crippen LogP contribution in [0.1, 0.15) is 47.5 Å². The van der Waals surface area contributed by atoms with Crippen LogP contribution in [0.3, 0.4) is 0 Å². The number of hydrogen-bond acceptors (Lipinski definition) is 7. The van der Waals surface area contributed by atoms with Gasteiger partial charge in [-0.1, -0.05) is 12.1 Å². The SMILES string of the molecule is COCC(O)COc1ccc(C2CCC(OC(=O)c3ccc(OCC4CO4)cc3)CC2)cc1. The highest BCUT2D eigenvalue weighted by Crippen LogP contribution is 2.35. The lowest BCUT2D eigenvalue weighted by atomic mass is 9.83. The van der Waals surface area contributed by atoms with Crippen molar-refractivity contribution in [2.75, 3.05) is 33.5 Å². The zero-order valence-electron chi connectivity index (χ0n) is 19.0. The molecule has 2 aromatic carbocycles. The van der Waals surface area contributed by atoms with Crippen molar-refractivity contribution in [2.45, 2.75) is 49.9 Å². The molecular formula is C26H32O7. The fraction of sp³-hybridized carbons (Fsp3) is 0.500. The van der Waals surface area contributed by atoms with E-state index in [0.717, 1.165) is 43.8 Å². The second-order valence-electron chi connectivity index (χ2n) is 8.66. The molecule has 2 aliphatic rings. The highest BCUT2D eigenvalue weighted by atomic mass is 16.6. The van der Waals surface area contributed by atoms with Gasteiger partial charge >= 0.3 is 5.97 Å². The van der Waals surface area contributed by atoms with Crippen molar-refractivity contribution in [3.63, 3.8) is 0 Å². The number of aliphatic hydroxyl groups excluding tert-OH is 1. The minimum atomic E-state index is -0.638. The van der Waals surface area contributed by atoms with Crippen LogP contribution >= 0.6 is 0 Å². The minimum Gasteiger partial charge on any atom is -0.491 e. The largest absolute Gasteiger partial charge is 0.491 e. The molecule has 1 saturated heterocycles. The first-order valence-electron chi connectivity index (χ1n) is 11.6. The summed E-state index contributed by atoms with van der Waals surface area (Å²) in [4.78, 5) is 12.5. The summed E-state index contributed by atoms with van der Waals surface area (Å²) in [5.74, 6) is 1.62. The van der Waals surface area contributed by atoms with Crippen molar-refractivity contribution < 1.29 is 33.6 Å². The second-order valence-corrected chi connectivity index (χ2v) is 8.66. The Kier molecular flexibility index (Phi) is 8.20. The zero-order valence-corrected chi connectivity index (χ0v) is 19.0. The van der Waals surface area contributed by atoms with Gasteiger partial charge in [0.25, 0.3) is 0 Å². The predicted molar refractivity (Wildman–Crippen MR) is 122 cm³/mol. The number of hydrogen-bond donors (Lipinski definition) is 1. The van der Waals surface area contributed by atoms with Crippen molar-refractivity contribution in [3.8, 4) is 11.5 Å². The molecular weight excluding hydrogens is 424 g/mol. The number of rotatable bonds is 11. The Balaban J connectivity index is 1.19. The summed E-state index contributed by atoms with van der Waals surface area (Å²) in [5.41, 5.74) is 1.80. The summed E-state index contributed by atoms with van der Waals surface area (Å²) in [6.45, 7) is 1.75. The monoisotopic (exact) mass is 456 g/mol. The summed E-state index contributed by atoms with van der Waals surface area (Å²) >= 11 is 0. The van der Waals surface area contributed by atoms with Crippen LogP contribution < -0.4 is 9.47 Å². The first-order valence-corrected chi connectivity index (χ1v) is 11.6. The lowest BCUT2D eigenvalue weighted by Crippen LogP contribution is -2.24. The first kappa shape index (κ1) is 23.5. The van der Waals surface area contributed by atoms with Crippen molar-refractivity contribution >= 4 is 5.97 Å². The van der Waals surface area contributed by atoms with Gasteiger partial charge in [0.1, 0.15) is 43.0 Å². The van der Waals surface area contributed by atoms with Gasteiger partial charge in [0.05, 0.1) is 18.8 Å². The highest BCUT2D eigenvalue weighted by Gasteiger charge is 2.26. The standard InChI is InChI=1S/C26H32O7/c1-29-14-21(27)15-30-22-8-2-18(3-9-22)19-4-12-24(13-5-19)33-26(28)20-6-10-23(11-7-20)31-16-25-17-32-25/h2-3,6-11,19,21,24-25,27H,4-5,12-17H2,1H3. The maximum atomic E-state index is 12.5. The van der Waals surface area contributed by atoms with E-state index in [1.807, 2.05) is 12.1 Å². The minimum absolute atomic E-state index is 0.0541. The Bertz CT molecular complexity index is 869. The van der Waals surface area contributed by atoms with Crippen molar-refractivity contribution in [1.29, 1.82) is 0 Å². The summed E-state index contributed by atoms with van der Waals surface area (Å²) in [6.07, 6.45) is 3.15. The normalized spacial score (nSPS) is 22.9. The predicted octanol–water partition coefficient (Wildman–Crippen LogP) is 3.73. The first-order chi connectivity index (χ1) is 16.1. The third-order valence-electron chi connectivity index (χ3n) is 6.03. The van der Waals surface area contributed by atoms with Crippen LogP contribution in [0.4, 0.5) is 0 Å². The van der Waals surface area contributed by atoms with E-state index in [-0.39, 0.29) is 31.4 Å². The molecule has 7 nitrogen and oxygen atoms in total. The van der Waals surface area contributed by atoms with Crippen LogP contribution in [0.15, 0.2) is 48.5 Å². The summed E-state index contributed by atoms with van der Waals surface area (Å²) in [5, 5.41) is 9.69. The Morgan fingerprint density at radius 3 is 2.24 bits per heavy atom. The molecule has 178 valence electrons. The van der Waals surface area contributed by atoms with Crippen LogP contribution in [0.5, 0.6) is 11.5 Å². The van der Waals surface area contributed by atoms with Gasteiger partial charge in [0.15, 0.2) is 0 Å². The smallest absolute Gasteiger partial charge is 0.338 e. The van der Waals surface area contributed by atoms with Gasteiger partial charge in [-0.3, -0.25) is 0 Å². The summed E-state index contributed by atoms with van der Waals surface area (Å²) in [6, 6.07) is 15.1. The Morgan fingerprint density at radius 1 is 0.970 bits per heavy atom. The molecule has 2 aromatic rings. The number of esters is 1. The molecule has 4 rings (SSSR count). The maximum absolute atomic E-state index is 12.5. The van der Waals surface area contributed by atoms with E-state index in [9.17, 15) is 9.90 Å². The molecule has 1 aliphatic carbocycles. The number of methoxy groups -OCH3 is 1. The lowest BCUT2D eigenvalue weighted by Gasteiger charge is -2.28. The van der Waals surface area contributed by atoms with E-state index >= 15 is 0 Å². The lowest BCUT2D eigenvalue weighted by molar-refractivity contribution is 0.0195. The third kappa shape index (κ3) is 7.19. The zero-order chi connectivity index (χ0) is 23.0. The fourth-order valence-electron chi connectivity index (χ4n) is 4.04. The van der Waals surface area contributed by atoms with Crippen LogP contribution in [-0.2, 0) is 14.2 Å². The molecule has 0 amide bonds. The Hall–Kier alpha value is -2.61. The molecule has 7 heteroatoms. The van der Waals surface area contributed by atoms with E-state index < -0.39 is 6.10 Å². The van der Waals surface area contributed by atoms with Gasteiger partial charge < -0.3 is 28.8 Å². The van der Waals surface area contributed by atoms with E-state index in [4.69, 9.17) is 23.7 Å². The van der Waals surface area contributed by atoms with Crippen LogP contribution in [0.2, 0.25) is 0 Å². The molecule has 0 radical (unpaired) electrons. The van der Waals surface area contributed by atoms with Crippen molar-refractivity contribution in [3.05, 3.63) is 59.7 Å². The second kappa shape index (κ2) is 11.5. The summed E-state index contributed by atoms with van der Waals surface area (Å²) < 4.78 is 27.0. The molecule has 0 bridgehead atoms. The number of carbonyl (C=O) groups is 1. The number of aliphatic hydroxyl groups is 1. The molecule has 1 saturated carbocycles. The molecule has 33 heavy (non-hydrogen) atoms. The van der Waals surface area contributed by atoms with Crippen molar-refractivity contribution in [2.24, 2.45) is 0 Å². The summed E-state index contributed by atoms with van der Waals surface area (Å²) in [7, 11) is 1.55.